The van der Waals surface area contributed by atoms with Gasteiger partial charge in [-0.15, -0.1) is 0 Å². The van der Waals surface area contributed by atoms with Gasteiger partial charge in [0.2, 0.25) is 5.91 Å². The van der Waals surface area contributed by atoms with Crippen molar-refractivity contribution in [2.24, 2.45) is 0 Å². The van der Waals surface area contributed by atoms with Gasteiger partial charge in [-0.1, -0.05) is 30.3 Å². The maximum Gasteiger partial charge on any atom is 0.241 e. The number of piperazine rings is 1. The molecule has 3 nitrogen and oxygen atoms in total. The van der Waals surface area contributed by atoms with Crippen LogP contribution in [0.3, 0.4) is 0 Å². The number of benzene rings is 1. The predicted octanol–water partition coefficient (Wildman–Crippen LogP) is 0.836. The lowest BCUT2D eigenvalue weighted by Gasteiger charge is -2.28. The first-order valence-corrected chi connectivity index (χ1v) is 4.86. The summed E-state index contributed by atoms with van der Waals surface area (Å²) in [5.74, 6) is 0.0648. The molecule has 0 radical (unpaired) electrons. The van der Waals surface area contributed by atoms with Crippen molar-refractivity contribution in [3.8, 4) is 0 Å². The Morgan fingerprint density at radius 3 is 2.64 bits per heavy atom. The molecule has 1 aliphatic heterocycles. The SMILES string of the molecule is C[C@H]1CN[C@@H](c2ccccc2)C(=O)N1. The van der Waals surface area contributed by atoms with Crippen molar-refractivity contribution in [1.82, 2.24) is 10.6 Å². The second-order valence-corrected chi connectivity index (χ2v) is 3.66. The largest absolute Gasteiger partial charge is 0.351 e. The smallest absolute Gasteiger partial charge is 0.241 e. The van der Waals surface area contributed by atoms with Crippen LogP contribution >= 0.6 is 0 Å². The summed E-state index contributed by atoms with van der Waals surface area (Å²) in [4.78, 5) is 11.6. The zero-order valence-electron chi connectivity index (χ0n) is 8.16. The van der Waals surface area contributed by atoms with Crippen LogP contribution in [0.25, 0.3) is 0 Å². The fourth-order valence-electron chi connectivity index (χ4n) is 1.68. The molecule has 0 aromatic heterocycles. The Labute approximate surface area is 83.5 Å². The second-order valence-electron chi connectivity index (χ2n) is 3.66. The first-order valence-electron chi connectivity index (χ1n) is 4.86. The van der Waals surface area contributed by atoms with E-state index in [0.29, 0.717) is 0 Å². The van der Waals surface area contributed by atoms with E-state index in [1.165, 1.54) is 0 Å². The molecule has 2 rings (SSSR count). The average Bonchev–Trinajstić information content (AvgIpc) is 2.19. The van der Waals surface area contributed by atoms with Gasteiger partial charge in [0.05, 0.1) is 0 Å². The molecule has 74 valence electrons. The molecule has 1 aromatic carbocycles. The van der Waals surface area contributed by atoms with Gasteiger partial charge in [0.25, 0.3) is 0 Å². The van der Waals surface area contributed by atoms with Crippen LogP contribution in [0.15, 0.2) is 30.3 Å². The zero-order valence-corrected chi connectivity index (χ0v) is 8.16. The number of amides is 1. The number of hydrogen-bond acceptors (Lipinski definition) is 2. The van der Waals surface area contributed by atoms with Gasteiger partial charge in [-0.05, 0) is 12.5 Å². The molecule has 14 heavy (non-hydrogen) atoms. The molecule has 0 bridgehead atoms. The molecule has 0 spiro atoms. The molecule has 0 saturated carbocycles. The summed E-state index contributed by atoms with van der Waals surface area (Å²) < 4.78 is 0. The summed E-state index contributed by atoms with van der Waals surface area (Å²) in [6.45, 7) is 2.82. The van der Waals surface area contributed by atoms with Crippen LogP contribution in [-0.4, -0.2) is 18.5 Å². The van der Waals surface area contributed by atoms with Gasteiger partial charge < -0.3 is 10.6 Å². The zero-order chi connectivity index (χ0) is 9.97. The Hall–Kier alpha value is -1.35. The highest BCUT2D eigenvalue weighted by atomic mass is 16.2. The number of carbonyl (C=O) groups excluding carboxylic acids is 1. The van der Waals surface area contributed by atoms with E-state index in [2.05, 4.69) is 10.6 Å². The summed E-state index contributed by atoms with van der Waals surface area (Å²) in [5, 5.41) is 6.15. The summed E-state index contributed by atoms with van der Waals surface area (Å²) in [6, 6.07) is 9.81. The normalized spacial score (nSPS) is 27.1. The third-order valence-electron chi connectivity index (χ3n) is 2.41. The fourth-order valence-corrected chi connectivity index (χ4v) is 1.68. The summed E-state index contributed by atoms with van der Waals surface area (Å²) in [6.07, 6.45) is 0. The molecule has 1 fully saturated rings. The van der Waals surface area contributed by atoms with E-state index in [1.54, 1.807) is 0 Å². The number of hydrogen-bond donors (Lipinski definition) is 2. The van der Waals surface area contributed by atoms with Crippen LogP contribution in [0.5, 0.6) is 0 Å². The van der Waals surface area contributed by atoms with Crippen LogP contribution < -0.4 is 10.6 Å². The molecular weight excluding hydrogens is 176 g/mol. The first-order chi connectivity index (χ1) is 6.77. The Kier molecular flexibility index (Phi) is 2.50. The van der Waals surface area contributed by atoms with E-state index in [0.717, 1.165) is 12.1 Å². The average molecular weight is 190 g/mol. The van der Waals surface area contributed by atoms with Gasteiger partial charge in [0.1, 0.15) is 6.04 Å². The van der Waals surface area contributed by atoms with E-state index < -0.39 is 0 Å². The van der Waals surface area contributed by atoms with Crippen molar-refractivity contribution in [1.29, 1.82) is 0 Å². The monoisotopic (exact) mass is 190 g/mol. The molecule has 0 aliphatic carbocycles. The summed E-state index contributed by atoms with van der Waals surface area (Å²) >= 11 is 0. The molecule has 0 unspecified atom stereocenters. The third kappa shape index (κ3) is 1.77. The van der Waals surface area contributed by atoms with Gasteiger partial charge in [0, 0.05) is 12.6 Å². The molecule has 1 amide bonds. The Bertz CT molecular complexity index is 323. The van der Waals surface area contributed by atoms with E-state index in [-0.39, 0.29) is 18.0 Å². The Balaban J connectivity index is 2.16. The minimum Gasteiger partial charge on any atom is -0.351 e. The van der Waals surface area contributed by atoms with Gasteiger partial charge in [-0.3, -0.25) is 4.79 Å². The maximum absolute atomic E-state index is 11.6. The van der Waals surface area contributed by atoms with Crippen molar-refractivity contribution in [3.05, 3.63) is 35.9 Å². The molecule has 1 heterocycles. The van der Waals surface area contributed by atoms with Crippen molar-refractivity contribution in [2.45, 2.75) is 19.0 Å². The van der Waals surface area contributed by atoms with Crippen molar-refractivity contribution >= 4 is 5.91 Å². The quantitative estimate of drug-likeness (QED) is 0.689. The second kappa shape index (κ2) is 3.80. The van der Waals surface area contributed by atoms with Crippen LogP contribution in [0.2, 0.25) is 0 Å². The Morgan fingerprint density at radius 1 is 1.29 bits per heavy atom. The van der Waals surface area contributed by atoms with Crippen LogP contribution in [0, 0.1) is 0 Å². The van der Waals surface area contributed by atoms with Crippen LogP contribution in [0.4, 0.5) is 0 Å². The third-order valence-corrected chi connectivity index (χ3v) is 2.41. The highest BCUT2D eigenvalue weighted by Gasteiger charge is 2.25. The van der Waals surface area contributed by atoms with Crippen LogP contribution in [0.1, 0.15) is 18.5 Å². The van der Waals surface area contributed by atoms with Crippen LogP contribution in [-0.2, 0) is 4.79 Å². The van der Waals surface area contributed by atoms with E-state index in [1.807, 2.05) is 37.3 Å². The molecule has 1 aromatic rings. The minimum absolute atomic E-state index is 0.0648. The van der Waals surface area contributed by atoms with Gasteiger partial charge >= 0.3 is 0 Å². The fraction of sp³-hybridized carbons (Fsp3) is 0.364. The number of nitrogens with one attached hydrogen (secondary N) is 2. The Morgan fingerprint density at radius 2 is 2.00 bits per heavy atom. The highest BCUT2D eigenvalue weighted by molar-refractivity contribution is 5.84. The first kappa shape index (κ1) is 9.21. The minimum atomic E-state index is -0.188. The number of carbonyl (C=O) groups is 1. The maximum atomic E-state index is 11.6. The van der Waals surface area contributed by atoms with Gasteiger partial charge in [-0.25, -0.2) is 0 Å². The summed E-state index contributed by atoms with van der Waals surface area (Å²) in [7, 11) is 0. The lowest BCUT2D eigenvalue weighted by Crippen LogP contribution is -2.52. The number of rotatable bonds is 1. The lowest BCUT2D eigenvalue weighted by atomic mass is 10.0. The molecule has 3 heteroatoms. The molecule has 1 saturated heterocycles. The van der Waals surface area contributed by atoms with Crippen molar-refractivity contribution < 1.29 is 4.79 Å². The van der Waals surface area contributed by atoms with Crippen molar-refractivity contribution in [2.75, 3.05) is 6.54 Å². The topological polar surface area (TPSA) is 41.1 Å². The van der Waals surface area contributed by atoms with E-state index >= 15 is 0 Å². The highest BCUT2D eigenvalue weighted by Crippen LogP contribution is 2.14. The molecular formula is C11H14N2O. The summed E-state index contributed by atoms with van der Waals surface area (Å²) in [5.41, 5.74) is 1.02. The molecule has 2 atom stereocenters. The molecule has 2 N–H and O–H groups in total. The standard InChI is InChI=1S/C11H14N2O/c1-8-7-12-10(11(14)13-8)9-5-3-2-4-6-9/h2-6,8,10,12H,7H2,1H3,(H,13,14)/t8-,10-/m0/s1. The van der Waals surface area contributed by atoms with Crippen molar-refractivity contribution in [3.63, 3.8) is 0 Å². The molecule has 1 aliphatic rings. The van der Waals surface area contributed by atoms with E-state index in [9.17, 15) is 4.79 Å². The van der Waals surface area contributed by atoms with Gasteiger partial charge in [-0.2, -0.15) is 0 Å². The van der Waals surface area contributed by atoms with E-state index in [4.69, 9.17) is 0 Å². The lowest BCUT2D eigenvalue weighted by molar-refractivity contribution is -0.125. The predicted molar refractivity (Wildman–Crippen MR) is 54.8 cm³/mol. The van der Waals surface area contributed by atoms with Gasteiger partial charge in [0.15, 0.2) is 0 Å².